The molecule has 8 atom stereocenters. The van der Waals surface area contributed by atoms with Gasteiger partial charge in [0.15, 0.2) is 0 Å². The number of hydrogen-bond acceptors (Lipinski definition) is 8. The average Bonchev–Trinajstić information content (AvgIpc) is 2.81. The topological polar surface area (TPSA) is 154 Å². The van der Waals surface area contributed by atoms with Crippen molar-refractivity contribution in [1.29, 1.82) is 0 Å². The summed E-state index contributed by atoms with van der Waals surface area (Å²) >= 11 is 6.31. The van der Waals surface area contributed by atoms with Gasteiger partial charge in [0.2, 0.25) is 0 Å². The van der Waals surface area contributed by atoms with Gasteiger partial charge in [-0.15, -0.1) is 11.6 Å². The third-order valence-corrected chi connectivity index (χ3v) is 7.29. The lowest BCUT2D eigenvalue weighted by Gasteiger charge is -2.39. The molecule has 1 heterocycles. The molecule has 4 unspecified atom stereocenters. The van der Waals surface area contributed by atoms with Gasteiger partial charge in [-0.1, -0.05) is 38.2 Å². The molecule has 0 radical (unpaired) electrons. The molecule has 1 aliphatic heterocycles. The number of aliphatic hydroxyl groups excluding tert-OH is 4. The molecule has 0 aromatic rings. The van der Waals surface area contributed by atoms with Crippen molar-refractivity contribution in [2.24, 2.45) is 11.8 Å². The van der Waals surface area contributed by atoms with Crippen molar-refractivity contribution < 1.29 is 44.6 Å². The van der Waals surface area contributed by atoms with Crippen molar-refractivity contribution in [2.45, 2.75) is 114 Å². The van der Waals surface area contributed by atoms with Crippen LogP contribution in [0.25, 0.3) is 0 Å². The molecule has 5 N–H and O–H groups in total. The molecule has 10 heteroatoms. The summed E-state index contributed by atoms with van der Waals surface area (Å²) in [6.45, 7) is 5.45. The number of carbonyl (C=O) groups excluding carboxylic acids is 1. The molecule has 0 aromatic carbocycles. The van der Waals surface area contributed by atoms with E-state index < -0.39 is 59.7 Å². The van der Waals surface area contributed by atoms with Crippen LogP contribution < -0.4 is 0 Å². The van der Waals surface area contributed by atoms with Crippen molar-refractivity contribution in [3.8, 4) is 0 Å². The molecule has 0 aromatic heterocycles. The van der Waals surface area contributed by atoms with Gasteiger partial charge in [0.25, 0.3) is 0 Å². The minimum atomic E-state index is -1.17. The summed E-state index contributed by atoms with van der Waals surface area (Å²) < 4.78 is 11.0. The zero-order chi connectivity index (χ0) is 27.3. The zero-order valence-electron chi connectivity index (χ0n) is 21.7. The third kappa shape index (κ3) is 12.3. The first-order chi connectivity index (χ1) is 16.9. The number of carboxylic acid groups (broad SMARTS) is 1. The predicted molar refractivity (Wildman–Crippen MR) is 136 cm³/mol. The summed E-state index contributed by atoms with van der Waals surface area (Å²) in [7, 11) is 0. The summed E-state index contributed by atoms with van der Waals surface area (Å²) in [5.41, 5.74) is 0.657. The summed E-state index contributed by atoms with van der Waals surface area (Å²) in [6.07, 6.45) is 2.53. The number of aliphatic carboxylic acids is 1. The van der Waals surface area contributed by atoms with Gasteiger partial charge in [-0.3, -0.25) is 4.79 Å². The van der Waals surface area contributed by atoms with E-state index in [0.717, 1.165) is 32.1 Å². The van der Waals surface area contributed by atoms with Gasteiger partial charge < -0.3 is 35.0 Å². The van der Waals surface area contributed by atoms with E-state index in [1.807, 2.05) is 0 Å². The van der Waals surface area contributed by atoms with Crippen LogP contribution in [-0.4, -0.2) is 86.6 Å². The lowest BCUT2D eigenvalue weighted by molar-refractivity contribution is -0.165. The number of halogens is 1. The van der Waals surface area contributed by atoms with Crippen molar-refractivity contribution in [2.75, 3.05) is 13.2 Å². The van der Waals surface area contributed by atoms with E-state index in [1.165, 1.54) is 6.08 Å². The van der Waals surface area contributed by atoms with Gasteiger partial charge in [-0.05, 0) is 39.5 Å². The SMILES string of the molecule is C/C(=C\C(=O)OCCCCCCCCC(=O)O)C[C@@H]1OC[C@H](CC(Cl)C(O)C(C)C(C)O)[C@@H](O)[C@H]1O. The first-order valence-electron chi connectivity index (χ1n) is 13.0. The smallest absolute Gasteiger partial charge is 0.330 e. The molecule has 0 saturated carbocycles. The van der Waals surface area contributed by atoms with Crippen LogP contribution >= 0.6 is 11.6 Å². The molecule has 0 spiro atoms. The highest BCUT2D eigenvalue weighted by Crippen LogP contribution is 2.30. The number of rotatable bonds is 17. The molecule has 1 fully saturated rings. The number of carbonyl (C=O) groups is 2. The van der Waals surface area contributed by atoms with E-state index in [-0.39, 0.29) is 25.9 Å². The molecule has 0 bridgehead atoms. The molecule has 1 rings (SSSR count). The van der Waals surface area contributed by atoms with E-state index in [0.29, 0.717) is 18.6 Å². The van der Waals surface area contributed by atoms with Crippen molar-refractivity contribution in [3.63, 3.8) is 0 Å². The summed E-state index contributed by atoms with van der Waals surface area (Å²) in [5, 5.41) is 49.0. The number of aliphatic hydroxyl groups is 4. The fourth-order valence-electron chi connectivity index (χ4n) is 4.25. The summed E-state index contributed by atoms with van der Waals surface area (Å²) in [6, 6.07) is 0. The lowest BCUT2D eigenvalue weighted by atomic mass is 9.84. The molecule has 9 nitrogen and oxygen atoms in total. The van der Waals surface area contributed by atoms with E-state index in [2.05, 4.69) is 0 Å². The Bertz CT molecular complexity index is 684. The number of alkyl halides is 1. The summed E-state index contributed by atoms with van der Waals surface area (Å²) in [5.74, 6) is -2.14. The highest BCUT2D eigenvalue weighted by Gasteiger charge is 2.40. The van der Waals surface area contributed by atoms with Crippen LogP contribution in [-0.2, 0) is 19.1 Å². The molecule has 36 heavy (non-hydrogen) atoms. The van der Waals surface area contributed by atoms with Crippen LogP contribution in [0.3, 0.4) is 0 Å². The second-order valence-electron chi connectivity index (χ2n) is 10.1. The minimum Gasteiger partial charge on any atom is -0.481 e. The van der Waals surface area contributed by atoms with Gasteiger partial charge >= 0.3 is 11.9 Å². The van der Waals surface area contributed by atoms with Gasteiger partial charge in [0.05, 0.1) is 43.0 Å². The second-order valence-corrected chi connectivity index (χ2v) is 10.6. The first-order valence-corrected chi connectivity index (χ1v) is 13.4. The van der Waals surface area contributed by atoms with Crippen LogP contribution in [0, 0.1) is 11.8 Å². The fraction of sp³-hybridized carbons (Fsp3) is 0.846. The van der Waals surface area contributed by atoms with Gasteiger partial charge in [0.1, 0.15) is 6.10 Å². The number of hydrogen-bond donors (Lipinski definition) is 5. The monoisotopic (exact) mass is 536 g/mol. The van der Waals surface area contributed by atoms with Crippen LogP contribution in [0.5, 0.6) is 0 Å². The largest absolute Gasteiger partial charge is 0.481 e. The first kappa shape index (κ1) is 32.8. The van der Waals surface area contributed by atoms with Crippen LogP contribution in [0.15, 0.2) is 11.6 Å². The number of carboxylic acids is 1. The number of ether oxygens (including phenoxy) is 2. The minimum absolute atomic E-state index is 0.149. The zero-order valence-corrected chi connectivity index (χ0v) is 22.5. The lowest BCUT2D eigenvalue weighted by Crippen LogP contribution is -2.51. The molecular weight excluding hydrogens is 492 g/mol. The Hall–Kier alpha value is -1.23. The maximum absolute atomic E-state index is 12.1. The van der Waals surface area contributed by atoms with Crippen molar-refractivity contribution in [3.05, 3.63) is 11.6 Å². The highest BCUT2D eigenvalue weighted by molar-refractivity contribution is 6.21. The number of esters is 1. The standard InChI is InChI=1S/C26H45ClO9/c1-16(13-23(31)35-11-9-7-5-4-6-8-10-22(29)30)12-21-26(34)25(33)19(15-36-21)14-20(27)24(32)17(2)18(3)28/h13,17-21,24-26,28,32-34H,4-12,14-15H2,1-3H3,(H,29,30)/b16-13+/t17?,18?,19-,20?,21-,24?,25+,26-/m0/s1. The summed E-state index contributed by atoms with van der Waals surface area (Å²) in [4.78, 5) is 22.5. The van der Waals surface area contributed by atoms with Crippen molar-refractivity contribution in [1.82, 2.24) is 0 Å². The Morgan fingerprint density at radius 2 is 1.67 bits per heavy atom. The molecule has 1 aliphatic rings. The molecular formula is C26H45ClO9. The van der Waals surface area contributed by atoms with Gasteiger partial charge in [0, 0.05) is 24.3 Å². The van der Waals surface area contributed by atoms with Crippen LogP contribution in [0.4, 0.5) is 0 Å². The number of unbranched alkanes of at least 4 members (excludes halogenated alkanes) is 5. The van der Waals surface area contributed by atoms with E-state index in [1.54, 1.807) is 20.8 Å². The van der Waals surface area contributed by atoms with Crippen molar-refractivity contribution >= 4 is 23.5 Å². The average molecular weight is 537 g/mol. The Morgan fingerprint density at radius 1 is 1.06 bits per heavy atom. The Labute approximate surface area is 219 Å². The molecule has 210 valence electrons. The van der Waals surface area contributed by atoms with E-state index >= 15 is 0 Å². The fourth-order valence-corrected chi connectivity index (χ4v) is 4.71. The van der Waals surface area contributed by atoms with Crippen LogP contribution in [0.1, 0.15) is 78.6 Å². The van der Waals surface area contributed by atoms with E-state index in [4.69, 9.17) is 26.2 Å². The van der Waals surface area contributed by atoms with Gasteiger partial charge in [-0.2, -0.15) is 0 Å². The normalized spacial score (nSPS) is 26.2. The quantitative estimate of drug-likeness (QED) is 0.0816. The highest BCUT2D eigenvalue weighted by atomic mass is 35.5. The van der Waals surface area contributed by atoms with Gasteiger partial charge in [-0.25, -0.2) is 4.79 Å². The third-order valence-electron chi connectivity index (χ3n) is 6.85. The maximum atomic E-state index is 12.1. The maximum Gasteiger partial charge on any atom is 0.330 e. The molecule has 0 aliphatic carbocycles. The molecule has 0 amide bonds. The predicted octanol–water partition coefficient (Wildman–Crippen LogP) is 2.79. The molecule has 1 saturated heterocycles. The Balaban J connectivity index is 2.34. The Kier molecular flexibility index (Phi) is 15.8. The second kappa shape index (κ2) is 17.3. The van der Waals surface area contributed by atoms with Crippen LogP contribution in [0.2, 0.25) is 0 Å². The Morgan fingerprint density at radius 3 is 2.28 bits per heavy atom. The van der Waals surface area contributed by atoms with E-state index in [9.17, 15) is 30.0 Å².